The number of hydrogen-bond acceptors (Lipinski definition) is 4. The van der Waals surface area contributed by atoms with Gasteiger partial charge in [0.15, 0.2) is 0 Å². The van der Waals surface area contributed by atoms with E-state index in [2.05, 4.69) is 5.32 Å². The van der Waals surface area contributed by atoms with Crippen LogP contribution in [0.15, 0.2) is 72.4 Å². The third-order valence-corrected chi connectivity index (χ3v) is 5.53. The molecule has 0 bridgehead atoms. The normalized spacial score (nSPS) is 13.7. The standard InChI is InChI=1S/C26H24N2O3/c1-16-5-8-19(9-6-16)23-24(27-20-10-13-22(31-4)14-11-20)26(30)28(25(23)29)21-12-7-17(2)18(3)15-21/h5-15,27H,1-4H3. The Labute approximate surface area is 182 Å². The molecule has 2 amide bonds. The highest BCUT2D eigenvalue weighted by molar-refractivity contribution is 6.46. The Morgan fingerprint density at radius 1 is 0.774 bits per heavy atom. The van der Waals surface area contributed by atoms with Crippen molar-refractivity contribution in [3.05, 3.63) is 94.7 Å². The first-order valence-electron chi connectivity index (χ1n) is 10.1. The topological polar surface area (TPSA) is 58.6 Å². The van der Waals surface area contributed by atoms with E-state index in [1.807, 2.05) is 69.3 Å². The van der Waals surface area contributed by atoms with Crippen molar-refractivity contribution in [3.63, 3.8) is 0 Å². The van der Waals surface area contributed by atoms with Crippen molar-refractivity contribution in [2.75, 3.05) is 17.3 Å². The quantitative estimate of drug-likeness (QED) is 0.598. The van der Waals surface area contributed by atoms with E-state index in [1.54, 1.807) is 25.3 Å². The lowest BCUT2D eigenvalue weighted by atomic mass is 10.0. The number of rotatable bonds is 5. The van der Waals surface area contributed by atoms with Crippen molar-refractivity contribution >= 4 is 28.8 Å². The van der Waals surface area contributed by atoms with Crippen molar-refractivity contribution < 1.29 is 14.3 Å². The summed E-state index contributed by atoms with van der Waals surface area (Å²) in [5.41, 5.74) is 5.79. The fraction of sp³-hybridized carbons (Fsp3) is 0.154. The fourth-order valence-corrected chi connectivity index (χ4v) is 3.55. The fourth-order valence-electron chi connectivity index (χ4n) is 3.55. The molecule has 0 aliphatic carbocycles. The molecule has 0 saturated carbocycles. The molecule has 1 N–H and O–H groups in total. The maximum absolute atomic E-state index is 13.5. The number of amides is 2. The van der Waals surface area contributed by atoms with Crippen molar-refractivity contribution in [3.8, 4) is 5.75 Å². The minimum absolute atomic E-state index is 0.261. The molecule has 0 atom stereocenters. The number of anilines is 2. The van der Waals surface area contributed by atoms with Crippen LogP contribution in [0.5, 0.6) is 5.75 Å². The summed E-state index contributed by atoms with van der Waals surface area (Å²) in [6, 6.07) is 20.4. The van der Waals surface area contributed by atoms with Crippen LogP contribution in [-0.4, -0.2) is 18.9 Å². The molecule has 0 radical (unpaired) electrons. The number of carbonyl (C=O) groups is 2. The first-order valence-corrected chi connectivity index (χ1v) is 10.1. The zero-order valence-corrected chi connectivity index (χ0v) is 18.0. The predicted molar refractivity (Wildman–Crippen MR) is 123 cm³/mol. The zero-order valence-electron chi connectivity index (χ0n) is 18.0. The third kappa shape index (κ3) is 3.82. The zero-order chi connectivity index (χ0) is 22.1. The number of nitrogens with one attached hydrogen (secondary N) is 1. The Morgan fingerprint density at radius 2 is 1.45 bits per heavy atom. The van der Waals surface area contributed by atoms with Crippen molar-refractivity contribution in [2.24, 2.45) is 0 Å². The molecule has 4 rings (SSSR count). The summed E-state index contributed by atoms with van der Waals surface area (Å²) in [5, 5.41) is 3.17. The van der Waals surface area contributed by atoms with E-state index < -0.39 is 0 Å². The molecule has 31 heavy (non-hydrogen) atoms. The lowest BCUT2D eigenvalue weighted by Gasteiger charge is -2.17. The maximum atomic E-state index is 13.5. The van der Waals surface area contributed by atoms with Crippen LogP contribution >= 0.6 is 0 Å². The van der Waals surface area contributed by atoms with E-state index in [-0.39, 0.29) is 17.5 Å². The molecule has 0 unspecified atom stereocenters. The average Bonchev–Trinajstić information content (AvgIpc) is 3.01. The highest BCUT2D eigenvalue weighted by atomic mass is 16.5. The van der Waals surface area contributed by atoms with Gasteiger partial charge >= 0.3 is 0 Å². The van der Waals surface area contributed by atoms with Crippen LogP contribution in [0.2, 0.25) is 0 Å². The van der Waals surface area contributed by atoms with Gasteiger partial charge in [0.1, 0.15) is 11.4 Å². The Hall–Kier alpha value is -3.86. The Kier molecular flexibility index (Phi) is 5.34. The van der Waals surface area contributed by atoms with Crippen molar-refractivity contribution in [1.29, 1.82) is 0 Å². The Balaban J connectivity index is 1.80. The number of ether oxygens (including phenoxy) is 1. The van der Waals surface area contributed by atoms with Crippen LogP contribution in [0, 0.1) is 20.8 Å². The average molecular weight is 412 g/mol. The molecule has 1 aliphatic rings. The molecule has 156 valence electrons. The summed E-state index contributed by atoms with van der Waals surface area (Å²) in [4.78, 5) is 28.2. The van der Waals surface area contributed by atoms with E-state index in [1.165, 1.54) is 4.90 Å². The molecular formula is C26H24N2O3. The molecule has 0 aromatic heterocycles. The first-order chi connectivity index (χ1) is 14.9. The van der Waals surface area contributed by atoms with Crippen LogP contribution < -0.4 is 15.0 Å². The molecule has 3 aromatic rings. The minimum atomic E-state index is -0.375. The molecule has 0 fully saturated rings. The van der Waals surface area contributed by atoms with Gasteiger partial charge in [-0.1, -0.05) is 35.9 Å². The molecule has 5 heteroatoms. The SMILES string of the molecule is COc1ccc(NC2=C(c3ccc(C)cc3)C(=O)N(c3ccc(C)c(C)c3)C2=O)cc1. The first kappa shape index (κ1) is 20.4. The largest absolute Gasteiger partial charge is 0.497 e. The van der Waals surface area contributed by atoms with Gasteiger partial charge in [0.25, 0.3) is 11.8 Å². The summed E-state index contributed by atoms with van der Waals surface area (Å²) in [6.45, 7) is 5.95. The summed E-state index contributed by atoms with van der Waals surface area (Å²) in [6.07, 6.45) is 0. The van der Waals surface area contributed by atoms with Gasteiger partial charge in [0.05, 0.1) is 18.4 Å². The number of benzene rings is 3. The van der Waals surface area contributed by atoms with Gasteiger partial charge in [-0.25, -0.2) is 4.90 Å². The van der Waals surface area contributed by atoms with Crippen LogP contribution in [0.4, 0.5) is 11.4 Å². The Morgan fingerprint density at radius 3 is 2.06 bits per heavy atom. The lowest BCUT2D eigenvalue weighted by molar-refractivity contribution is -0.120. The predicted octanol–water partition coefficient (Wildman–Crippen LogP) is 5.02. The second kappa shape index (κ2) is 8.11. The van der Waals surface area contributed by atoms with Crippen LogP contribution in [0.1, 0.15) is 22.3 Å². The number of methoxy groups -OCH3 is 1. The van der Waals surface area contributed by atoms with Gasteiger partial charge in [-0.15, -0.1) is 0 Å². The van der Waals surface area contributed by atoms with E-state index in [0.717, 1.165) is 16.7 Å². The van der Waals surface area contributed by atoms with E-state index in [0.29, 0.717) is 28.3 Å². The molecule has 5 nitrogen and oxygen atoms in total. The lowest BCUT2D eigenvalue weighted by Crippen LogP contribution is -2.32. The molecule has 0 saturated heterocycles. The molecule has 1 aliphatic heterocycles. The van der Waals surface area contributed by atoms with Gasteiger partial charge in [0, 0.05) is 5.69 Å². The van der Waals surface area contributed by atoms with Crippen LogP contribution in [-0.2, 0) is 9.59 Å². The van der Waals surface area contributed by atoms with Gasteiger partial charge in [-0.3, -0.25) is 9.59 Å². The van der Waals surface area contributed by atoms with Gasteiger partial charge in [-0.05, 0) is 73.9 Å². The smallest absolute Gasteiger partial charge is 0.282 e. The van der Waals surface area contributed by atoms with Crippen molar-refractivity contribution in [2.45, 2.75) is 20.8 Å². The van der Waals surface area contributed by atoms with Gasteiger partial charge < -0.3 is 10.1 Å². The second-order valence-electron chi connectivity index (χ2n) is 7.68. The highest BCUT2D eigenvalue weighted by Crippen LogP contribution is 2.34. The van der Waals surface area contributed by atoms with E-state index in [9.17, 15) is 9.59 Å². The summed E-state index contributed by atoms with van der Waals surface area (Å²) in [5.74, 6) is -0.00312. The molecule has 3 aromatic carbocycles. The maximum Gasteiger partial charge on any atom is 0.282 e. The number of nitrogens with zero attached hydrogens (tertiary/aromatic N) is 1. The second-order valence-corrected chi connectivity index (χ2v) is 7.68. The number of carbonyl (C=O) groups excluding carboxylic acids is 2. The number of imide groups is 1. The van der Waals surface area contributed by atoms with E-state index >= 15 is 0 Å². The monoisotopic (exact) mass is 412 g/mol. The third-order valence-electron chi connectivity index (χ3n) is 5.53. The Bertz CT molecular complexity index is 1190. The number of aryl methyl sites for hydroxylation is 3. The van der Waals surface area contributed by atoms with E-state index in [4.69, 9.17) is 4.74 Å². The van der Waals surface area contributed by atoms with Gasteiger partial charge in [-0.2, -0.15) is 0 Å². The molecule has 0 spiro atoms. The van der Waals surface area contributed by atoms with Gasteiger partial charge in [0.2, 0.25) is 0 Å². The van der Waals surface area contributed by atoms with Crippen LogP contribution in [0.3, 0.4) is 0 Å². The highest BCUT2D eigenvalue weighted by Gasteiger charge is 2.40. The van der Waals surface area contributed by atoms with Crippen molar-refractivity contribution in [1.82, 2.24) is 0 Å². The van der Waals surface area contributed by atoms with Crippen LogP contribution in [0.25, 0.3) is 5.57 Å². The summed E-state index contributed by atoms with van der Waals surface area (Å²) in [7, 11) is 1.60. The summed E-state index contributed by atoms with van der Waals surface area (Å²) < 4.78 is 5.21. The molecular weight excluding hydrogens is 388 g/mol. The number of hydrogen-bond donors (Lipinski definition) is 1. The molecule has 1 heterocycles. The summed E-state index contributed by atoms with van der Waals surface area (Å²) >= 11 is 0. The minimum Gasteiger partial charge on any atom is -0.497 e.